The standard InChI is InChI=1S/C23H30N2O3/c1-22(2,3)16-11-14(12-17(21(16)28)23(4,5)6)7-10-20(27)25-18-13-15(24)8-9-19(18)26/h7-13,26,28H,24H2,1-6H3,(H,25,27). The Balaban J connectivity index is 2.37. The molecule has 0 radical (unpaired) electrons. The highest BCUT2D eigenvalue weighted by molar-refractivity contribution is 6.03. The van der Waals surface area contributed by atoms with E-state index in [0.717, 1.165) is 16.7 Å². The van der Waals surface area contributed by atoms with Gasteiger partial charge in [0.2, 0.25) is 5.91 Å². The number of anilines is 2. The lowest BCUT2D eigenvalue weighted by Crippen LogP contribution is -2.17. The summed E-state index contributed by atoms with van der Waals surface area (Å²) in [7, 11) is 0. The molecule has 2 aromatic carbocycles. The van der Waals surface area contributed by atoms with Crippen molar-refractivity contribution in [2.24, 2.45) is 0 Å². The van der Waals surface area contributed by atoms with Crippen molar-refractivity contribution in [1.29, 1.82) is 0 Å². The zero-order valence-electron chi connectivity index (χ0n) is 17.4. The number of phenolic OH excluding ortho intramolecular Hbond substituents is 2. The van der Waals surface area contributed by atoms with Crippen molar-refractivity contribution in [2.75, 3.05) is 11.1 Å². The molecule has 2 rings (SSSR count). The van der Waals surface area contributed by atoms with Crippen molar-refractivity contribution in [1.82, 2.24) is 0 Å². The molecule has 150 valence electrons. The van der Waals surface area contributed by atoms with Crippen molar-refractivity contribution in [3.63, 3.8) is 0 Å². The van der Waals surface area contributed by atoms with Gasteiger partial charge in [0.1, 0.15) is 11.5 Å². The summed E-state index contributed by atoms with van der Waals surface area (Å²) in [5.41, 5.74) is 8.37. The second-order valence-electron chi connectivity index (χ2n) is 9.06. The molecule has 0 aliphatic carbocycles. The second-order valence-corrected chi connectivity index (χ2v) is 9.06. The summed E-state index contributed by atoms with van der Waals surface area (Å²) >= 11 is 0. The third-order valence-electron chi connectivity index (χ3n) is 4.45. The average molecular weight is 383 g/mol. The van der Waals surface area contributed by atoms with Gasteiger partial charge in [0.15, 0.2) is 0 Å². The van der Waals surface area contributed by atoms with E-state index in [1.54, 1.807) is 12.1 Å². The average Bonchev–Trinajstić information content (AvgIpc) is 2.55. The molecule has 0 heterocycles. The third kappa shape index (κ3) is 5.06. The topological polar surface area (TPSA) is 95.6 Å². The van der Waals surface area contributed by atoms with Gasteiger partial charge < -0.3 is 21.3 Å². The quantitative estimate of drug-likeness (QED) is 0.262. The summed E-state index contributed by atoms with van der Waals surface area (Å²) in [6, 6.07) is 8.27. The highest BCUT2D eigenvalue weighted by atomic mass is 16.3. The zero-order chi connectivity index (χ0) is 21.3. The number of carbonyl (C=O) groups excluding carboxylic acids is 1. The predicted molar refractivity (Wildman–Crippen MR) is 116 cm³/mol. The van der Waals surface area contributed by atoms with E-state index in [9.17, 15) is 15.0 Å². The molecule has 5 heteroatoms. The predicted octanol–water partition coefficient (Wildman–Crippen LogP) is 4.93. The Kier molecular flexibility index (Phi) is 5.78. The van der Waals surface area contributed by atoms with Crippen molar-refractivity contribution < 1.29 is 15.0 Å². The number of nitrogens with two attached hydrogens (primary N) is 1. The fourth-order valence-electron chi connectivity index (χ4n) is 2.90. The van der Waals surface area contributed by atoms with E-state index in [-0.39, 0.29) is 28.2 Å². The van der Waals surface area contributed by atoms with Crippen molar-refractivity contribution in [3.8, 4) is 11.5 Å². The van der Waals surface area contributed by atoms with Gasteiger partial charge in [0, 0.05) is 22.9 Å². The van der Waals surface area contributed by atoms with Crippen molar-refractivity contribution >= 4 is 23.4 Å². The van der Waals surface area contributed by atoms with Crippen molar-refractivity contribution in [3.05, 3.63) is 53.1 Å². The Labute approximate surface area is 166 Å². The van der Waals surface area contributed by atoms with E-state index >= 15 is 0 Å². The van der Waals surface area contributed by atoms with Gasteiger partial charge in [-0.3, -0.25) is 4.79 Å². The first-order valence-corrected chi connectivity index (χ1v) is 9.24. The van der Waals surface area contributed by atoms with E-state index in [4.69, 9.17) is 5.73 Å². The molecule has 5 N–H and O–H groups in total. The van der Waals surface area contributed by atoms with Crippen LogP contribution in [0.25, 0.3) is 6.08 Å². The molecule has 0 aromatic heterocycles. The van der Waals surface area contributed by atoms with Crippen LogP contribution < -0.4 is 11.1 Å². The Morgan fingerprint density at radius 3 is 2.00 bits per heavy atom. The summed E-state index contributed by atoms with van der Waals surface area (Å²) in [6.45, 7) is 12.2. The fourth-order valence-corrected chi connectivity index (χ4v) is 2.90. The molecule has 0 aliphatic rings. The molecule has 0 spiro atoms. The number of nitrogens with one attached hydrogen (secondary N) is 1. The molecule has 0 aliphatic heterocycles. The molecule has 28 heavy (non-hydrogen) atoms. The van der Waals surface area contributed by atoms with E-state index in [1.807, 2.05) is 53.7 Å². The molecule has 0 bridgehead atoms. The van der Waals surface area contributed by atoms with Crippen LogP contribution in [-0.4, -0.2) is 16.1 Å². The molecule has 5 nitrogen and oxygen atoms in total. The van der Waals surface area contributed by atoms with Gasteiger partial charge in [-0.15, -0.1) is 0 Å². The van der Waals surface area contributed by atoms with Gasteiger partial charge >= 0.3 is 0 Å². The first-order valence-electron chi connectivity index (χ1n) is 9.24. The minimum absolute atomic E-state index is 0.0504. The molecule has 0 saturated carbocycles. The van der Waals surface area contributed by atoms with Crippen LogP contribution in [0, 0.1) is 0 Å². The number of nitrogen functional groups attached to an aromatic ring is 1. The number of phenols is 2. The molecule has 2 aromatic rings. The Morgan fingerprint density at radius 1 is 0.964 bits per heavy atom. The number of hydrogen-bond donors (Lipinski definition) is 4. The first-order chi connectivity index (χ1) is 12.8. The minimum Gasteiger partial charge on any atom is -0.507 e. The highest BCUT2D eigenvalue weighted by Gasteiger charge is 2.26. The molecule has 0 atom stereocenters. The van der Waals surface area contributed by atoms with E-state index in [0.29, 0.717) is 11.4 Å². The van der Waals surface area contributed by atoms with Gasteiger partial charge in [-0.1, -0.05) is 41.5 Å². The molecule has 0 unspecified atom stereocenters. The van der Waals surface area contributed by atoms with E-state index in [1.165, 1.54) is 18.2 Å². The summed E-state index contributed by atoms with van der Waals surface area (Å²) in [4.78, 5) is 12.3. The van der Waals surface area contributed by atoms with Crippen LogP contribution in [0.3, 0.4) is 0 Å². The van der Waals surface area contributed by atoms with Gasteiger partial charge in [-0.05, 0) is 52.8 Å². The lowest BCUT2D eigenvalue weighted by atomic mass is 9.78. The normalized spacial score (nSPS) is 12.4. The molecular weight excluding hydrogens is 352 g/mol. The maximum absolute atomic E-state index is 12.3. The number of aromatic hydroxyl groups is 2. The van der Waals surface area contributed by atoms with Crippen molar-refractivity contribution in [2.45, 2.75) is 52.4 Å². The summed E-state index contributed by atoms with van der Waals surface area (Å²) in [5, 5.41) is 23.2. The van der Waals surface area contributed by atoms with Gasteiger partial charge in [0.25, 0.3) is 0 Å². The number of hydrogen-bond acceptors (Lipinski definition) is 4. The van der Waals surface area contributed by atoms with Crippen LogP contribution in [0.1, 0.15) is 58.2 Å². The Hall–Kier alpha value is -2.95. The lowest BCUT2D eigenvalue weighted by Gasteiger charge is -2.27. The molecule has 0 saturated heterocycles. The van der Waals surface area contributed by atoms with E-state index < -0.39 is 0 Å². The summed E-state index contributed by atoms with van der Waals surface area (Å²) in [6.07, 6.45) is 3.09. The SMILES string of the molecule is CC(C)(C)c1cc(C=CC(=O)Nc2cc(N)ccc2O)cc(C(C)(C)C)c1O. The van der Waals surface area contributed by atoms with Gasteiger partial charge in [0.05, 0.1) is 5.69 Å². The monoisotopic (exact) mass is 382 g/mol. The minimum atomic E-state index is -0.386. The van der Waals surface area contributed by atoms with Gasteiger partial charge in [-0.25, -0.2) is 0 Å². The summed E-state index contributed by atoms with van der Waals surface area (Å²) < 4.78 is 0. The Morgan fingerprint density at radius 2 is 1.50 bits per heavy atom. The fraction of sp³-hybridized carbons (Fsp3) is 0.348. The highest BCUT2D eigenvalue weighted by Crippen LogP contribution is 2.40. The summed E-state index contributed by atoms with van der Waals surface area (Å²) in [5.74, 6) is -0.138. The molecule has 0 fully saturated rings. The zero-order valence-corrected chi connectivity index (χ0v) is 17.4. The number of benzene rings is 2. The van der Waals surface area contributed by atoms with E-state index in [2.05, 4.69) is 5.32 Å². The lowest BCUT2D eigenvalue weighted by molar-refractivity contribution is -0.111. The third-order valence-corrected chi connectivity index (χ3v) is 4.45. The molecule has 1 amide bonds. The maximum Gasteiger partial charge on any atom is 0.248 e. The van der Waals surface area contributed by atoms with Crippen LogP contribution in [0.4, 0.5) is 11.4 Å². The molecular formula is C23H30N2O3. The number of rotatable bonds is 3. The van der Waals surface area contributed by atoms with Crippen LogP contribution in [0.5, 0.6) is 11.5 Å². The van der Waals surface area contributed by atoms with Crippen LogP contribution in [0.15, 0.2) is 36.4 Å². The first kappa shape index (κ1) is 21.4. The van der Waals surface area contributed by atoms with Gasteiger partial charge in [-0.2, -0.15) is 0 Å². The second kappa shape index (κ2) is 7.58. The maximum atomic E-state index is 12.3. The Bertz CT molecular complexity index is 881. The number of amides is 1. The van der Waals surface area contributed by atoms with Crippen LogP contribution >= 0.6 is 0 Å². The smallest absolute Gasteiger partial charge is 0.248 e. The largest absolute Gasteiger partial charge is 0.507 e. The number of carbonyl (C=O) groups is 1. The van der Waals surface area contributed by atoms with Crippen LogP contribution in [-0.2, 0) is 15.6 Å². The van der Waals surface area contributed by atoms with Crippen LogP contribution in [0.2, 0.25) is 0 Å².